The maximum atomic E-state index is 5.76. The molecule has 2 aromatic heterocycles. The van der Waals surface area contributed by atoms with E-state index in [1.54, 1.807) is 17.1 Å². The molecule has 0 spiro atoms. The van der Waals surface area contributed by atoms with Gasteiger partial charge in [0.15, 0.2) is 10.9 Å². The Morgan fingerprint density at radius 3 is 2.82 bits per heavy atom. The minimum atomic E-state index is 0.172. The third-order valence-electron chi connectivity index (χ3n) is 2.12. The van der Waals surface area contributed by atoms with E-state index in [0.717, 1.165) is 0 Å². The van der Waals surface area contributed by atoms with Crippen molar-refractivity contribution in [3.8, 4) is 11.6 Å². The Bertz CT molecular complexity index is 525. The highest BCUT2D eigenvalue weighted by molar-refractivity contribution is 6.32. The topological polar surface area (TPSA) is 78.8 Å². The highest BCUT2D eigenvalue weighted by Gasteiger charge is 2.10. The van der Waals surface area contributed by atoms with E-state index >= 15 is 0 Å². The van der Waals surface area contributed by atoms with Crippen LogP contribution in [0.3, 0.4) is 0 Å². The van der Waals surface area contributed by atoms with Crippen molar-refractivity contribution in [2.75, 3.05) is 5.73 Å². The summed E-state index contributed by atoms with van der Waals surface area (Å²) in [5.41, 5.74) is 5.90. The van der Waals surface area contributed by atoms with Gasteiger partial charge in [-0.05, 0) is 13.8 Å². The molecule has 0 saturated heterocycles. The molecule has 2 rings (SSSR count). The molecule has 0 aromatic carbocycles. The number of nitrogen functional groups attached to an aromatic ring is 1. The minimum Gasteiger partial charge on any atom is -0.434 e. The van der Waals surface area contributed by atoms with Crippen molar-refractivity contribution in [3.05, 3.63) is 23.9 Å². The molecule has 0 radical (unpaired) electrons. The monoisotopic (exact) mass is 253 g/mol. The van der Waals surface area contributed by atoms with Gasteiger partial charge in [-0.3, -0.25) is 4.68 Å². The zero-order valence-electron chi connectivity index (χ0n) is 9.46. The van der Waals surface area contributed by atoms with Crippen LogP contribution in [0.15, 0.2) is 18.7 Å². The second-order valence-corrected chi connectivity index (χ2v) is 4.09. The van der Waals surface area contributed by atoms with Crippen molar-refractivity contribution in [2.24, 2.45) is 0 Å². The fourth-order valence-electron chi connectivity index (χ4n) is 1.21. The van der Waals surface area contributed by atoms with E-state index in [2.05, 4.69) is 15.1 Å². The van der Waals surface area contributed by atoms with Crippen molar-refractivity contribution in [1.29, 1.82) is 0 Å². The van der Waals surface area contributed by atoms with Gasteiger partial charge in [0, 0.05) is 6.04 Å². The molecule has 2 aromatic rings. The van der Waals surface area contributed by atoms with Crippen LogP contribution in [0.5, 0.6) is 11.6 Å². The van der Waals surface area contributed by atoms with Gasteiger partial charge in [0.25, 0.3) is 0 Å². The number of hydrogen-bond acceptors (Lipinski definition) is 5. The maximum absolute atomic E-state index is 5.76. The van der Waals surface area contributed by atoms with Crippen LogP contribution in [0.2, 0.25) is 5.15 Å². The smallest absolute Gasteiger partial charge is 0.247 e. The molecule has 0 aliphatic carbocycles. The minimum absolute atomic E-state index is 0.172. The number of aromatic nitrogens is 4. The molecule has 0 saturated carbocycles. The predicted molar refractivity (Wildman–Crippen MR) is 64.1 cm³/mol. The summed E-state index contributed by atoms with van der Waals surface area (Å²) in [5.74, 6) is 0.786. The van der Waals surface area contributed by atoms with E-state index in [9.17, 15) is 0 Å². The SMILES string of the molecule is CC(C)n1cc(Oc2ncnc(Cl)c2N)cn1. The van der Waals surface area contributed by atoms with E-state index in [-0.39, 0.29) is 22.8 Å². The lowest BCUT2D eigenvalue weighted by atomic mass is 10.4. The molecule has 0 aliphatic heterocycles. The third-order valence-corrected chi connectivity index (χ3v) is 2.42. The summed E-state index contributed by atoms with van der Waals surface area (Å²) in [6.45, 7) is 4.04. The lowest BCUT2D eigenvalue weighted by Gasteiger charge is -2.05. The van der Waals surface area contributed by atoms with Crippen molar-refractivity contribution in [1.82, 2.24) is 19.7 Å². The van der Waals surface area contributed by atoms with E-state index in [4.69, 9.17) is 22.1 Å². The van der Waals surface area contributed by atoms with Crippen LogP contribution in [-0.2, 0) is 0 Å². The van der Waals surface area contributed by atoms with Gasteiger partial charge in [-0.25, -0.2) is 4.98 Å². The van der Waals surface area contributed by atoms with Gasteiger partial charge < -0.3 is 10.5 Å². The second kappa shape index (κ2) is 4.58. The quantitative estimate of drug-likeness (QED) is 0.849. The molecular formula is C10H12ClN5O. The normalized spacial score (nSPS) is 10.8. The first-order valence-electron chi connectivity index (χ1n) is 5.06. The number of anilines is 1. The van der Waals surface area contributed by atoms with Gasteiger partial charge in [-0.1, -0.05) is 11.6 Å². The fraction of sp³-hybridized carbons (Fsp3) is 0.300. The van der Waals surface area contributed by atoms with Gasteiger partial charge in [0.2, 0.25) is 5.88 Å². The summed E-state index contributed by atoms with van der Waals surface area (Å²) in [5, 5.41) is 4.31. The summed E-state index contributed by atoms with van der Waals surface area (Å²) in [7, 11) is 0. The van der Waals surface area contributed by atoms with Crippen LogP contribution in [0.4, 0.5) is 5.69 Å². The van der Waals surface area contributed by atoms with Gasteiger partial charge in [-0.15, -0.1) is 0 Å². The zero-order chi connectivity index (χ0) is 12.4. The van der Waals surface area contributed by atoms with E-state index in [0.29, 0.717) is 5.75 Å². The summed E-state index contributed by atoms with van der Waals surface area (Å²) in [6, 6.07) is 0.263. The van der Waals surface area contributed by atoms with E-state index < -0.39 is 0 Å². The fourth-order valence-corrected chi connectivity index (χ4v) is 1.33. The summed E-state index contributed by atoms with van der Waals surface area (Å²) in [4.78, 5) is 7.65. The molecule has 0 aliphatic rings. The molecule has 90 valence electrons. The number of nitrogens with zero attached hydrogens (tertiary/aromatic N) is 4. The zero-order valence-corrected chi connectivity index (χ0v) is 10.2. The Balaban J connectivity index is 2.22. The Morgan fingerprint density at radius 2 is 2.18 bits per heavy atom. The Kier molecular flexibility index (Phi) is 3.14. The summed E-state index contributed by atoms with van der Waals surface area (Å²) < 4.78 is 7.25. The molecule has 0 atom stereocenters. The first kappa shape index (κ1) is 11.7. The number of nitrogens with two attached hydrogens (primary N) is 1. The van der Waals surface area contributed by atoms with Crippen molar-refractivity contribution in [2.45, 2.75) is 19.9 Å². The van der Waals surface area contributed by atoms with Crippen LogP contribution in [0.1, 0.15) is 19.9 Å². The molecular weight excluding hydrogens is 242 g/mol. The van der Waals surface area contributed by atoms with Crippen LogP contribution < -0.4 is 10.5 Å². The highest BCUT2D eigenvalue weighted by atomic mass is 35.5. The molecule has 7 heteroatoms. The maximum Gasteiger partial charge on any atom is 0.247 e. The predicted octanol–water partition coefficient (Wildman–Crippen LogP) is 2.28. The first-order valence-corrected chi connectivity index (χ1v) is 5.43. The van der Waals surface area contributed by atoms with Crippen LogP contribution in [0, 0.1) is 0 Å². The number of hydrogen-bond donors (Lipinski definition) is 1. The lowest BCUT2D eigenvalue weighted by molar-refractivity contribution is 0.460. The Labute approximate surface area is 103 Å². The Morgan fingerprint density at radius 1 is 1.41 bits per heavy atom. The van der Waals surface area contributed by atoms with Gasteiger partial charge >= 0.3 is 0 Å². The van der Waals surface area contributed by atoms with Gasteiger partial charge in [-0.2, -0.15) is 10.1 Å². The Hall–Kier alpha value is -1.82. The standard InChI is InChI=1S/C10H12ClN5O/c1-6(2)16-4-7(3-15-16)17-10-8(12)9(11)13-5-14-10/h3-6H,12H2,1-2H3. The van der Waals surface area contributed by atoms with Crippen LogP contribution in [-0.4, -0.2) is 19.7 Å². The first-order chi connectivity index (χ1) is 8.08. The molecule has 0 fully saturated rings. The number of rotatable bonds is 3. The molecule has 17 heavy (non-hydrogen) atoms. The molecule has 6 nitrogen and oxygen atoms in total. The highest BCUT2D eigenvalue weighted by Crippen LogP contribution is 2.28. The molecule has 2 heterocycles. The second-order valence-electron chi connectivity index (χ2n) is 3.74. The summed E-state index contributed by atoms with van der Waals surface area (Å²) in [6.07, 6.45) is 4.65. The molecule has 0 amide bonds. The van der Waals surface area contributed by atoms with Gasteiger partial charge in [0.1, 0.15) is 12.0 Å². The summed E-state index contributed by atoms with van der Waals surface area (Å²) >= 11 is 5.76. The molecule has 2 N–H and O–H groups in total. The average molecular weight is 254 g/mol. The van der Waals surface area contributed by atoms with Crippen LogP contribution in [0.25, 0.3) is 0 Å². The van der Waals surface area contributed by atoms with Crippen LogP contribution >= 0.6 is 11.6 Å². The lowest BCUT2D eigenvalue weighted by Crippen LogP contribution is -2.00. The van der Waals surface area contributed by atoms with E-state index in [1.807, 2.05) is 13.8 Å². The molecule has 0 bridgehead atoms. The van der Waals surface area contributed by atoms with Gasteiger partial charge in [0.05, 0.1) is 12.4 Å². The molecule has 0 unspecified atom stereocenters. The number of ether oxygens (including phenoxy) is 1. The van der Waals surface area contributed by atoms with Crippen molar-refractivity contribution in [3.63, 3.8) is 0 Å². The number of halogens is 1. The average Bonchev–Trinajstić information content (AvgIpc) is 2.73. The van der Waals surface area contributed by atoms with Crippen molar-refractivity contribution < 1.29 is 4.74 Å². The van der Waals surface area contributed by atoms with E-state index in [1.165, 1.54) is 6.33 Å². The largest absolute Gasteiger partial charge is 0.434 e. The van der Waals surface area contributed by atoms with Crippen molar-refractivity contribution >= 4 is 17.3 Å². The third kappa shape index (κ3) is 2.47.